The van der Waals surface area contributed by atoms with E-state index in [1.807, 2.05) is 0 Å². The van der Waals surface area contributed by atoms with Crippen LogP contribution in [-0.4, -0.2) is 22.9 Å². The van der Waals surface area contributed by atoms with Crippen molar-refractivity contribution in [2.45, 2.75) is 18.9 Å². The fourth-order valence-corrected chi connectivity index (χ4v) is 2.81. The van der Waals surface area contributed by atoms with Crippen molar-refractivity contribution in [2.75, 3.05) is 13.1 Å². The largest absolute Gasteiger partial charge is 0.315 e. The molecule has 1 aliphatic heterocycles. The van der Waals surface area contributed by atoms with E-state index >= 15 is 0 Å². The van der Waals surface area contributed by atoms with E-state index in [-0.39, 0.29) is 0 Å². The van der Waals surface area contributed by atoms with Crippen molar-refractivity contribution >= 4 is 11.3 Å². The lowest BCUT2D eigenvalue weighted by Gasteiger charge is -2.22. The Kier molecular flexibility index (Phi) is 2.76. The summed E-state index contributed by atoms with van der Waals surface area (Å²) in [6.45, 7) is 2.19. The third-order valence-corrected chi connectivity index (χ3v) is 3.75. The first-order chi connectivity index (χ1) is 7.93. The zero-order chi connectivity index (χ0) is 10.8. The summed E-state index contributed by atoms with van der Waals surface area (Å²) in [6.07, 6.45) is 4.58. The van der Waals surface area contributed by atoms with E-state index in [4.69, 9.17) is 0 Å². The van der Waals surface area contributed by atoms with Crippen LogP contribution in [0.25, 0.3) is 11.3 Å². The van der Waals surface area contributed by atoms with Crippen LogP contribution in [0.2, 0.25) is 0 Å². The first-order valence-corrected chi connectivity index (χ1v) is 6.66. The lowest BCUT2D eigenvalue weighted by Crippen LogP contribution is -2.31. The van der Waals surface area contributed by atoms with Gasteiger partial charge in [-0.15, -0.1) is 0 Å². The van der Waals surface area contributed by atoms with Crippen molar-refractivity contribution in [1.29, 1.82) is 0 Å². The summed E-state index contributed by atoms with van der Waals surface area (Å²) < 4.78 is 2.11. The number of hydrogen-bond donors (Lipinski definition) is 1. The molecule has 0 aliphatic carbocycles. The molecule has 1 N–H and O–H groups in total. The Balaban J connectivity index is 1.82. The number of rotatable bonds is 2. The van der Waals surface area contributed by atoms with E-state index in [1.165, 1.54) is 18.4 Å². The highest BCUT2D eigenvalue weighted by molar-refractivity contribution is 7.08. The number of nitrogens with one attached hydrogen (secondary N) is 1. The Morgan fingerprint density at radius 1 is 1.44 bits per heavy atom. The first kappa shape index (κ1) is 10.1. The van der Waals surface area contributed by atoms with E-state index in [1.54, 1.807) is 11.3 Å². The lowest BCUT2D eigenvalue weighted by atomic mass is 10.1. The molecule has 3 rings (SSSR count). The van der Waals surface area contributed by atoms with Crippen molar-refractivity contribution in [3.8, 4) is 11.3 Å². The third-order valence-electron chi connectivity index (χ3n) is 3.07. The molecule has 84 valence electrons. The van der Waals surface area contributed by atoms with Crippen LogP contribution >= 0.6 is 11.3 Å². The first-order valence-electron chi connectivity index (χ1n) is 5.72. The van der Waals surface area contributed by atoms with Crippen molar-refractivity contribution < 1.29 is 0 Å². The Bertz CT molecular complexity index is 441. The molecule has 4 heteroatoms. The number of aromatic nitrogens is 2. The van der Waals surface area contributed by atoms with Gasteiger partial charge in [0, 0.05) is 23.7 Å². The average Bonchev–Trinajstić information content (AvgIpc) is 3.01. The maximum atomic E-state index is 4.66. The van der Waals surface area contributed by atoms with Gasteiger partial charge in [0.25, 0.3) is 0 Å². The van der Waals surface area contributed by atoms with Crippen LogP contribution in [0.5, 0.6) is 0 Å². The summed E-state index contributed by atoms with van der Waals surface area (Å²) in [5.74, 6) is 0. The minimum atomic E-state index is 0.529. The summed E-state index contributed by atoms with van der Waals surface area (Å²) in [5.41, 5.74) is 2.32. The molecule has 1 fully saturated rings. The van der Waals surface area contributed by atoms with Gasteiger partial charge in [-0.2, -0.15) is 16.4 Å². The molecule has 3 nitrogen and oxygen atoms in total. The standard InChI is InChI=1S/C12H15N3S/c1-2-11(8-13-5-1)15-6-3-12(14-15)10-4-7-16-9-10/h3-4,6-7,9,11,13H,1-2,5,8H2/t11-/m1/s1. The number of piperidine rings is 1. The highest BCUT2D eigenvalue weighted by atomic mass is 32.1. The minimum Gasteiger partial charge on any atom is -0.315 e. The van der Waals surface area contributed by atoms with Crippen LogP contribution in [0, 0.1) is 0 Å². The van der Waals surface area contributed by atoms with E-state index in [9.17, 15) is 0 Å². The van der Waals surface area contributed by atoms with Crippen LogP contribution in [0.4, 0.5) is 0 Å². The zero-order valence-electron chi connectivity index (χ0n) is 9.10. The second-order valence-electron chi connectivity index (χ2n) is 4.19. The molecule has 0 bridgehead atoms. The molecule has 16 heavy (non-hydrogen) atoms. The van der Waals surface area contributed by atoms with Gasteiger partial charge < -0.3 is 5.32 Å². The summed E-state index contributed by atoms with van der Waals surface area (Å²) in [4.78, 5) is 0. The fraction of sp³-hybridized carbons (Fsp3) is 0.417. The van der Waals surface area contributed by atoms with Gasteiger partial charge in [-0.25, -0.2) is 0 Å². The van der Waals surface area contributed by atoms with Crippen molar-refractivity contribution in [3.63, 3.8) is 0 Å². The molecule has 2 aromatic rings. The quantitative estimate of drug-likeness (QED) is 0.864. The monoisotopic (exact) mass is 233 g/mol. The minimum absolute atomic E-state index is 0.529. The van der Waals surface area contributed by atoms with Crippen LogP contribution in [-0.2, 0) is 0 Å². The van der Waals surface area contributed by atoms with E-state index in [0.717, 1.165) is 18.8 Å². The summed E-state index contributed by atoms with van der Waals surface area (Å²) >= 11 is 1.72. The zero-order valence-corrected chi connectivity index (χ0v) is 9.91. The molecular formula is C12H15N3S. The van der Waals surface area contributed by atoms with E-state index < -0.39 is 0 Å². The predicted molar refractivity (Wildman–Crippen MR) is 66.7 cm³/mol. The maximum Gasteiger partial charge on any atom is 0.0931 e. The van der Waals surface area contributed by atoms with Crippen molar-refractivity contribution in [1.82, 2.24) is 15.1 Å². The molecule has 0 aromatic carbocycles. The lowest BCUT2D eigenvalue weighted by molar-refractivity contribution is 0.347. The van der Waals surface area contributed by atoms with Gasteiger partial charge in [-0.1, -0.05) is 0 Å². The normalized spacial score (nSPS) is 21.1. The average molecular weight is 233 g/mol. The SMILES string of the molecule is c1cc(-c2ccn([C@@H]3CCCNC3)n2)cs1. The van der Waals surface area contributed by atoms with Crippen LogP contribution in [0.15, 0.2) is 29.1 Å². The van der Waals surface area contributed by atoms with Gasteiger partial charge in [0.2, 0.25) is 0 Å². The molecule has 3 heterocycles. The Hall–Kier alpha value is -1.13. The predicted octanol–water partition coefficient (Wildman–Crippen LogP) is 2.54. The topological polar surface area (TPSA) is 29.9 Å². The van der Waals surface area contributed by atoms with Gasteiger partial charge in [-0.3, -0.25) is 4.68 Å². The molecule has 0 spiro atoms. The summed E-state index contributed by atoms with van der Waals surface area (Å²) in [5, 5.41) is 12.3. The second kappa shape index (κ2) is 4.39. The number of hydrogen-bond acceptors (Lipinski definition) is 3. The molecule has 1 atom stereocenters. The molecule has 0 amide bonds. The van der Waals surface area contributed by atoms with Crippen molar-refractivity contribution in [2.24, 2.45) is 0 Å². The highest BCUT2D eigenvalue weighted by Crippen LogP contribution is 2.22. The van der Waals surface area contributed by atoms with E-state index in [0.29, 0.717) is 6.04 Å². The molecule has 1 aliphatic rings. The van der Waals surface area contributed by atoms with E-state index in [2.05, 4.69) is 44.2 Å². The van der Waals surface area contributed by atoms with Gasteiger partial charge in [0.05, 0.1) is 11.7 Å². The number of thiophene rings is 1. The molecule has 2 aromatic heterocycles. The second-order valence-corrected chi connectivity index (χ2v) is 4.97. The van der Waals surface area contributed by atoms with Gasteiger partial charge in [0.15, 0.2) is 0 Å². The highest BCUT2D eigenvalue weighted by Gasteiger charge is 2.15. The van der Waals surface area contributed by atoms with Crippen molar-refractivity contribution in [3.05, 3.63) is 29.1 Å². The number of nitrogens with zero attached hydrogens (tertiary/aromatic N) is 2. The summed E-state index contributed by atoms with van der Waals surface area (Å²) in [6, 6.07) is 4.76. The smallest absolute Gasteiger partial charge is 0.0931 e. The van der Waals surface area contributed by atoms with Crippen LogP contribution in [0.1, 0.15) is 18.9 Å². The van der Waals surface area contributed by atoms with Gasteiger partial charge in [-0.05, 0) is 36.9 Å². The molecule has 0 saturated carbocycles. The maximum absolute atomic E-state index is 4.66. The molecule has 0 unspecified atom stereocenters. The molecule has 0 radical (unpaired) electrons. The Labute approximate surface area is 99.1 Å². The Morgan fingerprint density at radius 3 is 3.19 bits per heavy atom. The fourth-order valence-electron chi connectivity index (χ4n) is 2.16. The van der Waals surface area contributed by atoms with Gasteiger partial charge >= 0.3 is 0 Å². The Morgan fingerprint density at radius 2 is 2.44 bits per heavy atom. The summed E-state index contributed by atoms with van der Waals surface area (Å²) in [7, 11) is 0. The molecular weight excluding hydrogens is 218 g/mol. The van der Waals surface area contributed by atoms with Crippen LogP contribution in [0.3, 0.4) is 0 Å². The van der Waals surface area contributed by atoms with Crippen LogP contribution < -0.4 is 5.32 Å². The third kappa shape index (κ3) is 1.90. The van der Waals surface area contributed by atoms with Gasteiger partial charge in [0.1, 0.15) is 0 Å². The molecule has 1 saturated heterocycles.